The average Bonchev–Trinajstić information content (AvgIpc) is 2.90. The molecule has 1 aliphatic carbocycles. The monoisotopic (exact) mass is 430 g/mol. The van der Waals surface area contributed by atoms with E-state index in [-0.39, 0.29) is 5.31 Å². The van der Waals surface area contributed by atoms with Gasteiger partial charge in [0.05, 0.1) is 7.74 Å². The van der Waals surface area contributed by atoms with E-state index in [0.717, 1.165) is 7.17 Å². The maximum Gasteiger partial charge on any atom is 0.101 e. The molecule has 0 nitrogen and oxygen atoms in total. The molecule has 34 heavy (non-hydrogen) atoms. The molecule has 1 aliphatic rings. The second kappa shape index (κ2) is 7.11. The van der Waals surface area contributed by atoms with Crippen LogP contribution in [0.2, 0.25) is 0 Å². The fourth-order valence-corrected chi connectivity index (χ4v) is 6.46. The summed E-state index contributed by atoms with van der Waals surface area (Å²) in [6.45, 7) is 2.45. The number of fused-ring (bicyclic) bond motifs is 5. The molecule has 1 unspecified atom stereocenters. The Bertz CT molecular complexity index is 1760. The topological polar surface area (TPSA) is 0 Å². The van der Waals surface area contributed by atoms with Crippen molar-refractivity contribution in [1.29, 1.82) is 0 Å². The molecule has 0 saturated carbocycles. The Morgan fingerprint density at radius 3 is 2.00 bits per heavy atom. The molecule has 0 spiro atoms. The van der Waals surface area contributed by atoms with Crippen LogP contribution >= 0.6 is 0 Å². The zero-order valence-corrected chi connectivity index (χ0v) is 19.6. The summed E-state index contributed by atoms with van der Waals surface area (Å²) in [7, 11) is 3.40. The predicted molar refractivity (Wildman–Crippen MR) is 152 cm³/mol. The lowest BCUT2D eigenvalue weighted by atomic mass is 9.34. The number of hydrogen-bond donors (Lipinski definition) is 0. The fraction of sp³-hybridized carbons (Fsp3) is 0.0625. The van der Waals surface area contributed by atoms with Crippen LogP contribution in [0.1, 0.15) is 18.1 Å². The molecule has 6 aromatic carbocycles. The standard InChI is InChI=1S/C32H24B2/c1-32(34-33)28-19-7-6-13-22(28)24-17-9-18-27-29(23-16-8-11-20-10-2-3-12-21(20)23)25-14-4-5-15-26(25)31(32)30(24)27/h2-19,34H,33H2,1H3. The number of benzene rings is 6. The lowest BCUT2D eigenvalue weighted by molar-refractivity contribution is 0.830. The molecule has 0 aliphatic heterocycles. The Hall–Kier alpha value is -3.77. The van der Waals surface area contributed by atoms with Gasteiger partial charge < -0.3 is 0 Å². The van der Waals surface area contributed by atoms with Gasteiger partial charge >= 0.3 is 0 Å². The van der Waals surface area contributed by atoms with Crippen molar-refractivity contribution in [2.24, 2.45) is 0 Å². The summed E-state index contributed by atoms with van der Waals surface area (Å²) in [6.07, 6.45) is 0. The second-order valence-electron chi connectivity index (χ2n) is 9.78. The molecule has 0 aromatic heterocycles. The van der Waals surface area contributed by atoms with Gasteiger partial charge in [-0.3, -0.25) is 0 Å². The molecule has 7 rings (SSSR count). The highest BCUT2D eigenvalue weighted by molar-refractivity contribution is 6.91. The molecule has 0 radical (unpaired) electrons. The highest BCUT2D eigenvalue weighted by atomic mass is 14.4. The van der Waals surface area contributed by atoms with E-state index < -0.39 is 0 Å². The van der Waals surface area contributed by atoms with E-state index in [1.807, 2.05) is 0 Å². The molecule has 1 atom stereocenters. The van der Waals surface area contributed by atoms with E-state index in [1.54, 1.807) is 0 Å². The quantitative estimate of drug-likeness (QED) is 0.204. The third kappa shape index (κ3) is 2.46. The van der Waals surface area contributed by atoms with E-state index in [4.69, 9.17) is 0 Å². The van der Waals surface area contributed by atoms with Gasteiger partial charge in [-0.15, -0.1) is 0 Å². The van der Waals surface area contributed by atoms with Crippen molar-refractivity contribution in [3.63, 3.8) is 0 Å². The summed E-state index contributed by atoms with van der Waals surface area (Å²) in [4.78, 5) is 0. The van der Waals surface area contributed by atoms with Crippen LogP contribution in [0.3, 0.4) is 0 Å². The van der Waals surface area contributed by atoms with E-state index in [0.29, 0.717) is 0 Å². The van der Waals surface area contributed by atoms with Crippen molar-refractivity contribution in [1.82, 2.24) is 0 Å². The fourth-order valence-electron chi connectivity index (χ4n) is 6.46. The van der Waals surface area contributed by atoms with Crippen LogP contribution in [-0.2, 0) is 5.31 Å². The highest BCUT2D eigenvalue weighted by Crippen LogP contribution is 2.53. The van der Waals surface area contributed by atoms with Gasteiger partial charge in [-0.1, -0.05) is 116 Å². The molecule has 0 saturated heterocycles. The molecule has 0 N–H and O–H groups in total. The summed E-state index contributed by atoms with van der Waals surface area (Å²) in [6, 6.07) is 40.5. The maximum atomic E-state index is 2.45. The third-order valence-electron chi connectivity index (χ3n) is 8.18. The van der Waals surface area contributed by atoms with Gasteiger partial charge in [0.1, 0.15) is 7.17 Å². The smallest absolute Gasteiger partial charge is 0.0619 e. The summed E-state index contributed by atoms with van der Waals surface area (Å²) < 4.78 is 0. The van der Waals surface area contributed by atoms with Gasteiger partial charge in [0.15, 0.2) is 0 Å². The first-order valence-electron chi connectivity index (χ1n) is 12.3. The van der Waals surface area contributed by atoms with Crippen molar-refractivity contribution >= 4 is 47.2 Å². The molecule has 0 amide bonds. The van der Waals surface area contributed by atoms with Gasteiger partial charge in [-0.25, -0.2) is 0 Å². The van der Waals surface area contributed by atoms with Crippen LogP contribution in [-0.4, -0.2) is 14.9 Å². The lowest BCUT2D eigenvalue weighted by Gasteiger charge is -2.39. The van der Waals surface area contributed by atoms with Crippen molar-refractivity contribution in [3.8, 4) is 22.3 Å². The van der Waals surface area contributed by atoms with Crippen LogP contribution < -0.4 is 0 Å². The van der Waals surface area contributed by atoms with E-state index >= 15 is 0 Å². The van der Waals surface area contributed by atoms with Crippen molar-refractivity contribution in [2.75, 3.05) is 0 Å². The van der Waals surface area contributed by atoms with Crippen LogP contribution in [0.5, 0.6) is 0 Å². The van der Waals surface area contributed by atoms with Gasteiger partial charge in [-0.2, -0.15) is 0 Å². The third-order valence-corrected chi connectivity index (χ3v) is 8.18. The van der Waals surface area contributed by atoms with Crippen LogP contribution in [0.25, 0.3) is 54.6 Å². The van der Waals surface area contributed by atoms with Crippen molar-refractivity contribution < 1.29 is 0 Å². The van der Waals surface area contributed by atoms with Gasteiger partial charge in [0.2, 0.25) is 0 Å². The first-order chi connectivity index (χ1) is 16.7. The number of rotatable bonds is 2. The second-order valence-corrected chi connectivity index (χ2v) is 9.78. The summed E-state index contributed by atoms with van der Waals surface area (Å²) in [5, 5.41) is 8.06. The van der Waals surface area contributed by atoms with Gasteiger partial charge in [0, 0.05) is 0 Å². The molecular weight excluding hydrogens is 406 g/mol. The molecule has 0 heterocycles. The predicted octanol–water partition coefficient (Wildman–Crippen LogP) is 7.04. The summed E-state index contributed by atoms with van der Waals surface area (Å²) >= 11 is 0. The molecule has 0 fully saturated rings. The maximum absolute atomic E-state index is 2.45. The first kappa shape index (κ1) is 19.7. The minimum atomic E-state index is -0.0416. The molecule has 0 bridgehead atoms. The highest BCUT2D eigenvalue weighted by Gasteiger charge is 2.38. The average molecular weight is 430 g/mol. The van der Waals surface area contributed by atoms with E-state index in [2.05, 4.69) is 124 Å². The molecule has 2 heteroatoms. The Labute approximate surface area is 201 Å². The van der Waals surface area contributed by atoms with Gasteiger partial charge in [0.25, 0.3) is 0 Å². The largest absolute Gasteiger partial charge is 0.101 e. The van der Waals surface area contributed by atoms with Crippen LogP contribution in [0.4, 0.5) is 0 Å². The van der Waals surface area contributed by atoms with Gasteiger partial charge in [-0.05, 0) is 71.0 Å². The van der Waals surface area contributed by atoms with E-state index in [1.165, 1.54) is 65.7 Å². The van der Waals surface area contributed by atoms with E-state index in [9.17, 15) is 0 Å². The minimum Gasteiger partial charge on any atom is -0.0619 e. The Morgan fingerprint density at radius 2 is 1.15 bits per heavy atom. The van der Waals surface area contributed by atoms with Crippen LogP contribution in [0, 0.1) is 0 Å². The minimum absolute atomic E-state index is 0.0416. The zero-order chi connectivity index (χ0) is 22.9. The molecular formula is C32H24B2. The summed E-state index contributed by atoms with van der Waals surface area (Å²) in [5.41, 5.74) is 8.34. The zero-order valence-electron chi connectivity index (χ0n) is 19.6. The lowest BCUT2D eigenvalue weighted by Crippen LogP contribution is -2.34. The van der Waals surface area contributed by atoms with Crippen molar-refractivity contribution in [3.05, 3.63) is 120 Å². The van der Waals surface area contributed by atoms with Crippen LogP contribution in [0.15, 0.2) is 109 Å². The Kier molecular flexibility index (Phi) is 4.12. The molecule has 158 valence electrons. The Balaban J connectivity index is 1.77. The Morgan fingerprint density at radius 1 is 0.559 bits per heavy atom. The first-order valence-corrected chi connectivity index (χ1v) is 12.3. The normalized spacial score (nSPS) is 16.6. The number of hydrogen-bond acceptors (Lipinski definition) is 0. The molecule has 6 aromatic rings. The SMILES string of the molecule is BBC1(C)c2ccccc2-c2cccc3c(-c4cccc5ccccc45)c4ccccc4c1c23. The summed E-state index contributed by atoms with van der Waals surface area (Å²) in [5.74, 6) is 0. The van der Waals surface area contributed by atoms with Crippen molar-refractivity contribution in [2.45, 2.75) is 12.2 Å².